The zero-order chi connectivity index (χ0) is 24.0. The van der Waals surface area contributed by atoms with E-state index in [1.54, 1.807) is 0 Å². The number of phenols is 2. The van der Waals surface area contributed by atoms with Crippen molar-refractivity contribution in [2.24, 2.45) is 0 Å². The molecule has 2 amide bonds. The summed E-state index contributed by atoms with van der Waals surface area (Å²) >= 11 is 0. The van der Waals surface area contributed by atoms with E-state index in [0.29, 0.717) is 12.8 Å². The van der Waals surface area contributed by atoms with Gasteiger partial charge in [0.05, 0.1) is 35.4 Å². The monoisotopic (exact) mass is 460 g/mol. The lowest BCUT2D eigenvalue weighted by atomic mass is 10.0. The normalized spacial score (nSPS) is 22.6. The molecule has 0 saturated carbocycles. The third kappa shape index (κ3) is 3.76. The molecule has 0 unspecified atom stereocenters. The first kappa shape index (κ1) is 21.9. The van der Waals surface area contributed by atoms with Crippen molar-refractivity contribution in [3.8, 4) is 11.5 Å². The number of aliphatic hydroxyl groups is 2. The van der Waals surface area contributed by atoms with Crippen molar-refractivity contribution in [3.63, 3.8) is 0 Å². The van der Waals surface area contributed by atoms with E-state index in [-0.39, 0.29) is 11.1 Å². The van der Waals surface area contributed by atoms with E-state index in [9.17, 15) is 30.0 Å². The highest BCUT2D eigenvalue weighted by atomic mass is 16.3. The highest BCUT2D eigenvalue weighted by Gasteiger charge is 2.34. The zero-order valence-corrected chi connectivity index (χ0v) is 18.1. The maximum absolute atomic E-state index is 12.8. The van der Waals surface area contributed by atoms with Gasteiger partial charge in [-0.1, -0.05) is 48.5 Å². The van der Waals surface area contributed by atoms with E-state index in [0.717, 1.165) is 34.4 Å². The first-order valence-corrected chi connectivity index (χ1v) is 11.0. The largest absolute Gasteiger partial charge is 0.507 e. The maximum Gasteiger partial charge on any atom is 0.255 e. The summed E-state index contributed by atoms with van der Waals surface area (Å²) in [4.78, 5) is 25.7. The molecule has 3 aromatic carbocycles. The van der Waals surface area contributed by atoms with Crippen molar-refractivity contribution in [2.75, 3.05) is 0 Å². The molecule has 6 N–H and O–H groups in total. The van der Waals surface area contributed by atoms with Gasteiger partial charge >= 0.3 is 0 Å². The molecule has 0 saturated heterocycles. The minimum Gasteiger partial charge on any atom is -0.507 e. The number of phenolic OH excluding ortho intramolecular Hbond substituents is 2. The van der Waals surface area contributed by atoms with Gasteiger partial charge in [0.15, 0.2) is 0 Å². The van der Waals surface area contributed by atoms with Gasteiger partial charge in [-0.05, 0) is 34.4 Å². The van der Waals surface area contributed by atoms with E-state index < -0.39 is 47.6 Å². The van der Waals surface area contributed by atoms with E-state index in [1.807, 2.05) is 48.5 Å². The molecule has 3 aromatic rings. The summed E-state index contributed by atoms with van der Waals surface area (Å²) in [6.45, 7) is 0. The average molecular weight is 460 g/mol. The lowest BCUT2D eigenvalue weighted by Gasteiger charge is -2.20. The fourth-order valence-electron chi connectivity index (χ4n) is 4.87. The zero-order valence-electron chi connectivity index (χ0n) is 18.1. The summed E-state index contributed by atoms with van der Waals surface area (Å²) in [5.74, 6) is -2.37. The Morgan fingerprint density at radius 3 is 1.47 bits per heavy atom. The molecule has 2 aliphatic carbocycles. The summed E-state index contributed by atoms with van der Waals surface area (Å²) in [5, 5.41) is 47.1. The number of benzene rings is 3. The number of amides is 2. The second kappa shape index (κ2) is 8.48. The van der Waals surface area contributed by atoms with Gasteiger partial charge in [0, 0.05) is 12.8 Å². The van der Waals surface area contributed by atoms with Crippen LogP contribution in [0.25, 0.3) is 0 Å². The fraction of sp³-hybridized carbons (Fsp3) is 0.231. The van der Waals surface area contributed by atoms with Gasteiger partial charge in [0.2, 0.25) is 0 Å². The van der Waals surface area contributed by atoms with Crippen molar-refractivity contribution in [1.82, 2.24) is 10.6 Å². The van der Waals surface area contributed by atoms with Crippen molar-refractivity contribution >= 4 is 11.8 Å². The second-order valence-corrected chi connectivity index (χ2v) is 8.73. The second-order valence-electron chi connectivity index (χ2n) is 8.73. The SMILES string of the molecule is O=C(N[C@H]1c2ccccc2C[C@H]1O)c1cc(O)c(C(=O)N[C@H]2c3ccccc3C[C@H]2O)cc1O. The van der Waals surface area contributed by atoms with Crippen LogP contribution in [0.1, 0.15) is 55.1 Å². The fourth-order valence-corrected chi connectivity index (χ4v) is 4.87. The smallest absolute Gasteiger partial charge is 0.255 e. The van der Waals surface area contributed by atoms with Crippen LogP contribution >= 0.6 is 0 Å². The molecule has 0 heterocycles. The van der Waals surface area contributed by atoms with Crippen LogP contribution in [0.3, 0.4) is 0 Å². The number of rotatable bonds is 4. The van der Waals surface area contributed by atoms with Gasteiger partial charge in [-0.15, -0.1) is 0 Å². The molecule has 174 valence electrons. The van der Waals surface area contributed by atoms with Crippen LogP contribution in [0.5, 0.6) is 11.5 Å². The van der Waals surface area contributed by atoms with Gasteiger partial charge in [-0.2, -0.15) is 0 Å². The van der Waals surface area contributed by atoms with Crippen LogP contribution in [0, 0.1) is 0 Å². The Labute approximate surface area is 195 Å². The van der Waals surface area contributed by atoms with Gasteiger partial charge in [-0.3, -0.25) is 9.59 Å². The third-order valence-corrected chi connectivity index (χ3v) is 6.58. The van der Waals surface area contributed by atoms with E-state index in [2.05, 4.69) is 10.6 Å². The van der Waals surface area contributed by atoms with Crippen LogP contribution in [0.15, 0.2) is 60.7 Å². The van der Waals surface area contributed by atoms with Crippen molar-refractivity contribution in [3.05, 3.63) is 94.0 Å². The number of nitrogens with one attached hydrogen (secondary N) is 2. The van der Waals surface area contributed by atoms with Crippen molar-refractivity contribution in [2.45, 2.75) is 37.1 Å². The molecule has 4 atom stereocenters. The number of carbonyl (C=O) groups is 2. The van der Waals surface area contributed by atoms with E-state index in [1.165, 1.54) is 0 Å². The number of hydrogen-bond donors (Lipinski definition) is 6. The van der Waals surface area contributed by atoms with Crippen LogP contribution in [0.2, 0.25) is 0 Å². The number of hydrogen-bond acceptors (Lipinski definition) is 6. The summed E-state index contributed by atoms with van der Waals surface area (Å²) in [6, 6.07) is 15.4. The molecule has 34 heavy (non-hydrogen) atoms. The van der Waals surface area contributed by atoms with Crippen molar-refractivity contribution < 1.29 is 30.0 Å². The molecule has 0 bridgehead atoms. The topological polar surface area (TPSA) is 139 Å². The maximum atomic E-state index is 12.8. The van der Waals surface area contributed by atoms with Crippen molar-refractivity contribution in [1.29, 1.82) is 0 Å². The number of carbonyl (C=O) groups excluding carboxylic acids is 2. The summed E-state index contributed by atoms with van der Waals surface area (Å²) < 4.78 is 0. The highest BCUT2D eigenvalue weighted by molar-refractivity contribution is 6.02. The Balaban J connectivity index is 1.35. The van der Waals surface area contributed by atoms with Crippen LogP contribution in [-0.2, 0) is 12.8 Å². The molecule has 8 nitrogen and oxygen atoms in total. The Kier molecular flexibility index (Phi) is 5.47. The first-order chi connectivity index (χ1) is 16.3. The molecule has 2 aliphatic rings. The molecule has 8 heteroatoms. The average Bonchev–Trinajstić information content (AvgIpc) is 3.30. The molecule has 0 radical (unpaired) electrons. The predicted octanol–water partition coefficient (Wildman–Crippen LogP) is 1.87. The Hall–Kier alpha value is -3.88. The highest BCUT2D eigenvalue weighted by Crippen LogP contribution is 2.35. The lowest BCUT2D eigenvalue weighted by Crippen LogP contribution is -2.34. The molecular weight excluding hydrogens is 436 g/mol. The summed E-state index contributed by atoms with van der Waals surface area (Å²) in [7, 11) is 0. The molecule has 0 aliphatic heterocycles. The van der Waals surface area contributed by atoms with Gasteiger partial charge < -0.3 is 31.1 Å². The molecule has 0 aromatic heterocycles. The van der Waals surface area contributed by atoms with E-state index in [4.69, 9.17) is 0 Å². The molecule has 0 spiro atoms. The summed E-state index contributed by atoms with van der Waals surface area (Å²) in [6.07, 6.45) is -0.841. The standard InChI is InChI=1S/C26H24N2O6/c29-19-12-18(26(34)28-24-16-8-4-2-6-14(16)10-22(24)32)20(30)11-17(19)25(33)27-23-15-7-3-1-5-13(15)9-21(23)31/h1-8,11-12,21-24,29-32H,9-10H2,(H,27,33)(H,28,34)/t21-,22-,23+,24+/m1/s1. The van der Waals surface area contributed by atoms with Gasteiger partial charge in [-0.25, -0.2) is 0 Å². The molecule has 0 fully saturated rings. The van der Waals surface area contributed by atoms with E-state index >= 15 is 0 Å². The molecular formula is C26H24N2O6. The number of fused-ring (bicyclic) bond motifs is 2. The minimum atomic E-state index is -0.817. The van der Waals surface area contributed by atoms with Gasteiger partial charge in [0.1, 0.15) is 11.5 Å². The summed E-state index contributed by atoms with van der Waals surface area (Å²) in [5.41, 5.74) is 2.98. The van der Waals surface area contributed by atoms with Gasteiger partial charge in [0.25, 0.3) is 11.8 Å². The Morgan fingerprint density at radius 1 is 0.676 bits per heavy atom. The van der Waals surface area contributed by atoms with Crippen LogP contribution in [-0.4, -0.2) is 44.4 Å². The third-order valence-electron chi connectivity index (χ3n) is 6.58. The van der Waals surface area contributed by atoms with Crippen LogP contribution < -0.4 is 10.6 Å². The lowest BCUT2D eigenvalue weighted by molar-refractivity contribution is 0.0845. The predicted molar refractivity (Wildman–Crippen MR) is 122 cm³/mol. The number of aromatic hydroxyl groups is 2. The first-order valence-electron chi connectivity index (χ1n) is 11.0. The quantitative estimate of drug-likeness (QED) is 0.329. The molecule has 5 rings (SSSR count). The minimum absolute atomic E-state index is 0.225. The van der Waals surface area contributed by atoms with Crippen LogP contribution in [0.4, 0.5) is 0 Å². The Morgan fingerprint density at radius 2 is 1.06 bits per heavy atom. The number of aliphatic hydroxyl groups excluding tert-OH is 2. The Bertz CT molecular complexity index is 1190.